The van der Waals surface area contributed by atoms with Gasteiger partial charge in [-0.15, -0.1) is 5.10 Å². The Hall–Kier alpha value is -3.03. The van der Waals surface area contributed by atoms with Gasteiger partial charge in [0, 0.05) is 25.0 Å². The Bertz CT molecular complexity index is 1040. The van der Waals surface area contributed by atoms with Gasteiger partial charge in [0.2, 0.25) is 0 Å². The first-order chi connectivity index (χ1) is 14.1. The highest BCUT2D eigenvalue weighted by atomic mass is 35.5. The lowest BCUT2D eigenvalue weighted by molar-refractivity contribution is 0.102. The van der Waals surface area contributed by atoms with Crippen molar-refractivity contribution in [2.24, 2.45) is 0 Å². The molecule has 0 saturated carbocycles. The summed E-state index contributed by atoms with van der Waals surface area (Å²) in [6, 6.07) is 11.3. The third-order valence-electron chi connectivity index (χ3n) is 4.74. The molecule has 0 spiro atoms. The Labute approximate surface area is 173 Å². The molecule has 4 rings (SSSR count). The molecule has 1 fully saturated rings. The largest absolute Gasteiger partial charge is 0.378 e. The van der Waals surface area contributed by atoms with Crippen LogP contribution in [0, 0.1) is 6.92 Å². The third-order valence-corrected chi connectivity index (χ3v) is 4.95. The second-order valence-corrected chi connectivity index (χ2v) is 7.18. The molecule has 8 heteroatoms. The topological polar surface area (TPSA) is 80.2 Å². The molecule has 1 N–H and O–H groups in total. The van der Waals surface area contributed by atoms with Crippen LogP contribution >= 0.6 is 11.6 Å². The lowest BCUT2D eigenvalue weighted by Gasteiger charge is -2.28. The maximum absolute atomic E-state index is 12.5. The fraction of sp³-hybridized carbons (Fsp3) is 0.238. The summed E-state index contributed by atoms with van der Waals surface area (Å²) in [5, 5.41) is 10.8. The number of carbonyl (C=O) groups is 1. The van der Waals surface area contributed by atoms with Gasteiger partial charge in [0.1, 0.15) is 5.82 Å². The summed E-state index contributed by atoms with van der Waals surface area (Å²) >= 11 is 5.90. The summed E-state index contributed by atoms with van der Waals surface area (Å²) in [4.78, 5) is 19.2. The maximum Gasteiger partial charge on any atom is 0.276 e. The first-order valence-corrected chi connectivity index (χ1v) is 9.67. The number of morpholine rings is 1. The third kappa shape index (κ3) is 4.52. The lowest BCUT2D eigenvalue weighted by Crippen LogP contribution is -2.36. The number of nitrogens with zero attached hydrogens (tertiary/aromatic N) is 4. The zero-order chi connectivity index (χ0) is 20.2. The number of anilines is 2. The number of amides is 1. The normalized spacial score (nSPS) is 13.9. The molecule has 1 aromatic carbocycles. The second kappa shape index (κ2) is 8.55. The molecule has 1 aliphatic heterocycles. The molecule has 7 nitrogen and oxygen atoms in total. The monoisotopic (exact) mass is 409 g/mol. The van der Waals surface area contributed by atoms with Crippen molar-refractivity contribution in [3.05, 3.63) is 65.1 Å². The number of carbonyl (C=O) groups excluding carboxylic acids is 1. The molecule has 0 bridgehead atoms. The first-order valence-electron chi connectivity index (χ1n) is 9.29. The lowest BCUT2D eigenvalue weighted by atomic mass is 10.0. The van der Waals surface area contributed by atoms with Crippen LogP contribution in [0.15, 0.2) is 48.8 Å². The van der Waals surface area contributed by atoms with E-state index in [2.05, 4.69) is 31.5 Å². The van der Waals surface area contributed by atoms with Crippen LogP contribution in [0.4, 0.5) is 11.5 Å². The molecule has 1 aliphatic rings. The minimum atomic E-state index is -0.362. The van der Waals surface area contributed by atoms with E-state index >= 15 is 0 Å². The number of hydrogen-bond donors (Lipinski definition) is 1. The average Bonchev–Trinajstić information content (AvgIpc) is 2.76. The molecule has 0 atom stereocenters. The molecule has 29 heavy (non-hydrogen) atoms. The molecule has 3 aromatic rings. The molecule has 2 aromatic heterocycles. The maximum atomic E-state index is 12.5. The Morgan fingerprint density at radius 1 is 1.17 bits per heavy atom. The summed E-state index contributed by atoms with van der Waals surface area (Å²) in [6.07, 6.45) is 3.20. The molecule has 148 valence electrons. The van der Waals surface area contributed by atoms with E-state index in [1.54, 1.807) is 0 Å². The summed E-state index contributed by atoms with van der Waals surface area (Å²) in [6.45, 7) is 5.11. The number of benzene rings is 1. The number of nitrogens with one attached hydrogen (secondary N) is 1. The van der Waals surface area contributed by atoms with E-state index in [4.69, 9.17) is 16.3 Å². The van der Waals surface area contributed by atoms with Gasteiger partial charge in [-0.05, 0) is 53.9 Å². The van der Waals surface area contributed by atoms with Crippen LogP contribution in [0.2, 0.25) is 5.02 Å². The van der Waals surface area contributed by atoms with Crippen LogP contribution in [-0.4, -0.2) is 47.4 Å². The smallest absolute Gasteiger partial charge is 0.276 e. The molecule has 0 radical (unpaired) electrons. The van der Waals surface area contributed by atoms with E-state index in [1.807, 2.05) is 37.4 Å². The van der Waals surface area contributed by atoms with Crippen molar-refractivity contribution >= 4 is 29.0 Å². The Kier molecular flexibility index (Phi) is 5.69. The van der Waals surface area contributed by atoms with E-state index < -0.39 is 0 Å². The van der Waals surface area contributed by atoms with Crippen molar-refractivity contribution in [1.29, 1.82) is 0 Å². The average molecular weight is 410 g/mol. The van der Waals surface area contributed by atoms with Crippen molar-refractivity contribution in [3.8, 4) is 11.1 Å². The number of rotatable bonds is 4. The van der Waals surface area contributed by atoms with E-state index in [0.29, 0.717) is 23.9 Å². The van der Waals surface area contributed by atoms with Gasteiger partial charge < -0.3 is 15.0 Å². The zero-order valence-corrected chi connectivity index (χ0v) is 16.7. The van der Waals surface area contributed by atoms with Crippen molar-refractivity contribution in [3.63, 3.8) is 0 Å². The van der Waals surface area contributed by atoms with E-state index in [-0.39, 0.29) is 11.6 Å². The van der Waals surface area contributed by atoms with Gasteiger partial charge in [-0.1, -0.05) is 17.7 Å². The van der Waals surface area contributed by atoms with Crippen molar-refractivity contribution in [2.45, 2.75) is 6.92 Å². The van der Waals surface area contributed by atoms with Crippen LogP contribution in [0.1, 0.15) is 16.1 Å². The molecular weight excluding hydrogens is 390 g/mol. The predicted molar refractivity (Wildman–Crippen MR) is 112 cm³/mol. The number of pyridine rings is 1. The van der Waals surface area contributed by atoms with Crippen LogP contribution in [0.3, 0.4) is 0 Å². The van der Waals surface area contributed by atoms with Gasteiger partial charge in [0.25, 0.3) is 5.91 Å². The minimum Gasteiger partial charge on any atom is -0.378 e. The predicted octanol–water partition coefficient (Wildman–Crippen LogP) is 3.59. The van der Waals surface area contributed by atoms with Crippen molar-refractivity contribution in [1.82, 2.24) is 15.2 Å². The summed E-state index contributed by atoms with van der Waals surface area (Å²) in [7, 11) is 0. The Morgan fingerprint density at radius 2 is 2.00 bits per heavy atom. The van der Waals surface area contributed by atoms with Crippen LogP contribution < -0.4 is 10.2 Å². The highest BCUT2D eigenvalue weighted by Gasteiger charge is 2.14. The second-order valence-electron chi connectivity index (χ2n) is 6.74. The van der Waals surface area contributed by atoms with Crippen molar-refractivity contribution < 1.29 is 9.53 Å². The van der Waals surface area contributed by atoms with Crippen LogP contribution in [-0.2, 0) is 4.74 Å². The van der Waals surface area contributed by atoms with Gasteiger partial charge in [0.15, 0.2) is 5.69 Å². The van der Waals surface area contributed by atoms with E-state index in [1.165, 1.54) is 12.3 Å². The van der Waals surface area contributed by atoms with Gasteiger partial charge in [-0.25, -0.2) is 4.98 Å². The first kappa shape index (κ1) is 19.3. The number of ether oxygens (including phenoxy) is 1. The Balaban J connectivity index is 1.59. The molecule has 0 unspecified atom stereocenters. The van der Waals surface area contributed by atoms with E-state index in [9.17, 15) is 4.79 Å². The van der Waals surface area contributed by atoms with Gasteiger partial charge in [0.05, 0.1) is 24.4 Å². The summed E-state index contributed by atoms with van der Waals surface area (Å²) in [5.74, 6) is 0.562. The van der Waals surface area contributed by atoms with Gasteiger partial charge in [-0.2, -0.15) is 5.10 Å². The molecular formula is C21H20ClN5O2. The number of hydrogen-bond acceptors (Lipinski definition) is 6. The number of aromatic nitrogens is 3. The molecule has 3 heterocycles. The summed E-state index contributed by atoms with van der Waals surface area (Å²) in [5.41, 5.74) is 4.00. The van der Waals surface area contributed by atoms with E-state index in [0.717, 1.165) is 35.6 Å². The number of halogens is 1. The van der Waals surface area contributed by atoms with Crippen LogP contribution in [0.5, 0.6) is 0 Å². The fourth-order valence-electron chi connectivity index (χ4n) is 3.21. The summed E-state index contributed by atoms with van der Waals surface area (Å²) < 4.78 is 5.42. The standard InChI is InChI=1S/C21H20ClN5O2/c1-14-2-3-17(25-21(28)19-11-16(22)13-24-26-19)12-18(14)15-4-5-23-20(10-15)27-6-8-29-9-7-27/h2-5,10-13H,6-9H2,1H3,(H,25,28). The molecule has 0 aliphatic carbocycles. The Morgan fingerprint density at radius 3 is 2.79 bits per heavy atom. The molecule has 1 saturated heterocycles. The zero-order valence-electron chi connectivity index (χ0n) is 15.9. The minimum absolute atomic E-state index is 0.165. The van der Waals surface area contributed by atoms with Gasteiger partial charge >= 0.3 is 0 Å². The van der Waals surface area contributed by atoms with Crippen LogP contribution in [0.25, 0.3) is 11.1 Å². The fourth-order valence-corrected chi connectivity index (χ4v) is 3.36. The molecule has 1 amide bonds. The highest BCUT2D eigenvalue weighted by Crippen LogP contribution is 2.29. The SMILES string of the molecule is Cc1ccc(NC(=O)c2cc(Cl)cnn2)cc1-c1ccnc(N2CCOCC2)c1. The quantitative estimate of drug-likeness (QED) is 0.709. The number of aryl methyl sites for hydroxylation is 1. The van der Waals surface area contributed by atoms with Crippen molar-refractivity contribution in [2.75, 3.05) is 36.5 Å². The van der Waals surface area contributed by atoms with Gasteiger partial charge in [-0.3, -0.25) is 4.79 Å². The highest BCUT2D eigenvalue weighted by molar-refractivity contribution is 6.30.